The van der Waals surface area contributed by atoms with Gasteiger partial charge in [-0.25, -0.2) is 0 Å². The highest BCUT2D eigenvalue weighted by atomic mass is 16.4. The van der Waals surface area contributed by atoms with E-state index in [1.165, 1.54) is 4.90 Å². The Hall–Kier alpha value is -1.10. The first-order valence-electron chi connectivity index (χ1n) is 5.14. The Morgan fingerprint density at radius 2 is 1.73 bits per heavy atom. The quantitative estimate of drug-likeness (QED) is 0.692. The molecule has 0 aliphatic carbocycles. The first-order valence-corrected chi connectivity index (χ1v) is 5.14. The van der Waals surface area contributed by atoms with Crippen LogP contribution in [-0.4, -0.2) is 59.5 Å². The maximum absolute atomic E-state index is 11.8. The Balaban J connectivity index is 4.35. The number of carboxylic acid groups (broad SMARTS) is 1. The lowest BCUT2D eigenvalue weighted by Gasteiger charge is -2.28. The molecular formula is C10H20N2O3. The van der Waals surface area contributed by atoms with Gasteiger partial charge in [-0.1, -0.05) is 0 Å². The molecule has 0 aromatic heterocycles. The van der Waals surface area contributed by atoms with E-state index < -0.39 is 5.97 Å². The molecule has 0 bridgehead atoms. The molecule has 1 unspecified atom stereocenters. The van der Waals surface area contributed by atoms with E-state index in [0.29, 0.717) is 13.1 Å². The molecule has 0 aromatic carbocycles. The molecule has 1 atom stereocenters. The van der Waals surface area contributed by atoms with Crippen molar-refractivity contribution in [3.05, 3.63) is 0 Å². The molecule has 0 aliphatic rings. The topological polar surface area (TPSA) is 60.9 Å². The summed E-state index contributed by atoms with van der Waals surface area (Å²) in [5.41, 5.74) is 0. The van der Waals surface area contributed by atoms with Gasteiger partial charge in [0.1, 0.15) is 0 Å². The zero-order valence-electron chi connectivity index (χ0n) is 9.86. The van der Waals surface area contributed by atoms with Crippen molar-refractivity contribution in [1.29, 1.82) is 0 Å². The summed E-state index contributed by atoms with van der Waals surface area (Å²) in [6, 6.07) is -0.388. The van der Waals surface area contributed by atoms with Crippen LogP contribution in [0.4, 0.5) is 0 Å². The smallest absolute Gasteiger partial charge is 0.317 e. The molecule has 0 aliphatic heterocycles. The molecule has 0 heterocycles. The molecule has 88 valence electrons. The number of hydrogen-bond donors (Lipinski definition) is 1. The Labute approximate surface area is 90.7 Å². The monoisotopic (exact) mass is 216 g/mol. The number of nitrogens with zero attached hydrogens (tertiary/aromatic N) is 2. The number of carboxylic acids is 1. The molecule has 5 nitrogen and oxygen atoms in total. The Kier molecular flexibility index (Phi) is 5.93. The van der Waals surface area contributed by atoms with Crippen molar-refractivity contribution in [3.8, 4) is 0 Å². The number of aliphatic carboxylic acids is 1. The molecule has 0 fully saturated rings. The Morgan fingerprint density at radius 3 is 2.07 bits per heavy atom. The van der Waals surface area contributed by atoms with Gasteiger partial charge in [0.2, 0.25) is 5.91 Å². The van der Waals surface area contributed by atoms with Crippen molar-refractivity contribution in [3.63, 3.8) is 0 Å². The first kappa shape index (κ1) is 13.9. The number of carbonyl (C=O) groups is 2. The van der Waals surface area contributed by atoms with Crippen molar-refractivity contribution >= 4 is 11.9 Å². The summed E-state index contributed by atoms with van der Waals surface area (Å²) in [5, 5.41) is 8.60. The van der Waals surface area contributed by atoms with E-state index >= 15 is 0 Å². The van der Waals surface area contributed by atoms with E-state index in [0.717, 1.165) is 0 Å². The fraction of sp³-hybridized carbons (Fsp3) is 0.800. The summed E-state index contributed by atoms with van der Waals surface area (Å²) >= 11 is 0. The second kappa shape index (κ2) is 6.40. The molecule has 1 amide bonds. The third kappa shape index (κ3) is 4.29. The second-order valence-corrected chi connectivity index (χ2v) is 3.50. The van der Waals surface area contributed by atoms with Gasteiger partial charge < -0.3 is 10.0 Å². The van der Waals surface area contributed by atoms with Crippen LogP contribution in [0.5, 0.6) is 0 Å². The van der Waals surface area contributed by atoms with E-state index in [2.05, 4.69) is 0 Å². The maximum atomic E-state index is 11.8. The molecule has 0 radical (unpaired) electrons. The van der Waals surface area contributed by atoms with Crippen molar-refractivity contribution < 1.29 is 14.7 Å². The zero-order valence-corrected chi connectivity index (χ0v) is 9.86. The standard InChI is InChI=1S/C10H20N2O3/c1-5-12(6-2)10(15)8(3)11(4)7-9(13)14/h8H,5-7H2,1-4H3,(H,13,14). The van der Waals surface area contributed by atoms with Gasteiger partial charge in [0.25, 0.3) is 0 Å². The van der Waals surface area contributed by atoms with Crippen LogP contribution >= 0.6 is 0 Å². The summed E-state index contributed by atoms with van der Waals surface area (Å²) in [6.45, 7) is 6.73. The highest BCUT2D eigenvalue weighted by molar-refractivity contribution is 5.82. The summed E-state index contributed by atoms with van der Waals surface area (Å²) in [4.78, 5) is 25.5. The van der Waals surface area contributed by atoms with Gasteiger partial charge in [-0.2, -0.15) is 0 Å². The van der Waals surface area contributed by atoms with Gasteiger partial charge in [-0.05, 0) is 27.8 Å². The summed E-state index contributed by atoms with van der Waals surface area (Å²) in [6.07, 6.45) is 0. The number of carbonyl (C=O) groups excluding carboxylic acids is 1. The highest BCUT2D eigenvalue weighted by Crippen LogP contribution is 2.01. The zero-order chi connectivity index (χ0) is 12.0. The number of likely N-dealkylation sites (N-methyl/N-ethyl adjacent to an activating group) is 2. The molecule has 0 rings (SSSR count). The number of hydrogen-bond acceptors (Lipinski definition) is 3. The molecule has 0 spiro atoms. The largest absolute Gasteiger partial charge is 0.480 e. The maximum Gasteiger partial charge on any atom is 0.317 e. The van der Waals surface area contributed by atoms with E-state index in [1.54, 1.807) is 18.9 Å². The van der Waals surface area contributed by atoms with Crippen molar-refractivity contribution in [2.24, 2.45) is 0 Å². The highest BCUT2D eigenvalue weighted by Gasteiger charge is 2.23. The van der Waals surface area contributed by atoms with Gasteiger partial charge >= 0.3 is 5.97 Å². The van der Waals surface area contributed by atoms with E-state index in [4.69, 9.17) is 5.11 Å². The molecule has 15 heavy (non-hydrogen) atoms. The molecule has 0 saturated carbocycles. The van der Waals surface area contributed by atoms with Crippen LogP contribution in [0.1, 0.15) is 20.8 Å². The van der Waals surface area contributed by atoms with Crippen molar-refractivity contribution in [1.82, 2.24) is 9.80 Å². The molecular weight excluding hydrogens is 196 g/mol. The van der Waals surface area contributed by atoms with E-state index in [9.17, 15) is 9.59 Å². The van der Waals surface area contributed by atoms with Crippen LogP contribution in [0.25, 0.3) is 0 Å². The van der Waals surface area contributed by atoms with E-state index in [1.807, 2.05) is 13.8 Å². The minimum Gasteiger partial charge on any atom is -0.480 e. The third-order valence-electron chi connectivity index (χ3n) is 2.48. The van der Waals surface area contributed by atoms with Crippen LogP contribution in [0, 0.1) is 0 Å². The summed E-state index contributed by atoms with van der Waals surface area (Å²) < 4.78 is 0. The van der Waals surface area contributed by atoms with Crippen molar-refractivity contribution in [2.75, 3.05) is 26.7 Å². The lowest BCUT2D eigenvalue weighted by atomic mass is 10.2. The van der Waals surface area contributed by atoms with Gasteiger partial charge in [-0.3, -0.25) is 14.5 Å². The van der Waals surface area contributed by atoms with Gasteiger partial charge in [0.15, 0.2) is 0 Å². The Bertz CT molecular complexity index is 227. The predicted molar refractivity (Wildman–Crippen MR) is 57.7 cm³/mol. The lowest BCUT2D eigenvalue weighted by molar-refractivity contribution is -0.141. The van der Waals surface area contributed by atoms with Gasteiger partial charge in [-0.15, -0.1) is 0 Å². The van der Waals surface area contributed by atoms with Crippen molar-refractivity contribution in [2.45, 2.75) is 26.8 Å². The second-order valence-electron chi connectivity index (χ2n) is 3.50. The molecule has 5 heteroatoms. The van der Waals surface area contributed by atoms with Crippen LogP contribution in [0.3, 0.4) is 0 Å². The van der Waals surface area contributed by atoms with Crippen LogP contribution in [0.15, 0.2) is 0 Å². The SMILES string of the molecule is CCN(CC)C(=O)C(C)N(C)CC(=O)O. The number of rotatable bonds is 6. The molecule has 0 aromatic rings. The van der Waals surface area contributed by atoms with Crippen LogP contribution in [-0.2, 0) is 9.59 Å². The van der Waals surface area contributed by atoms with Gasteiger partial charge in [0.05, 0.1) is 12.6 Å². The average Bonchev–Trinajstić information content (AvgIpc) is 2.17. The number of amides is 1. The predicted octanol–water partition coefficient (Wildman–Crippen LogP) is 0.260. The summed E-state index contributed by atoms with van der Waals surface area (Å²) in [5.74, 6) is -0.944. The van der Waals surface area contributed by atoms with Crippen LogP contribution < -0.4 is 0 Å². The normalized spacial score (nSPS) is 12.6. The lowest BCUT2D eigenvalue weighted by Crippen LogP contribution is -2.47. The Morgan fingerprint density at radius 1 is 1.27 bits per heavy atom. The fourth-order valence-electron chi connectivity index (χ4n) is 1.34. The first-order chi connectivity index (χ1) is 6.93. The van der Waals surface area contributed by atoms with Gasteiger partial charge in [0, 0.05) is 13.1 Å². The molecule has 0 saturated heterocycles. The minimum atomic E-state index is -0.920. The summed E-state index contributed by atoms with van der Waals surface area (Å²) in [7, 11) is 1.64. The van der Waals surface area contributed by atoms with E-state index in [-0.39, 0.29) is 18.5 Å². The fourth-order valence-corrected chi connectivity index (χ4v) is 1.34. The average molecular weight is 216 g/mol. The third-order valence-corrected chi connectivity index (χ3v) is 2.48. The molecule has 1 N–H and O–H groups in total. The van der Waals surface area contributed by atoms with Crippen LogP contribution in [0.2, 0.25) is 0 Å². The minimum absolute atomic E-state index is 0.0243.